The van der Waals surface area contributed by atoms with E-state index in [1.165, 1.54) is 23.8 Å². The molecule has 0 bridgehead atoms. The molecule has 0 saturated heterocycles. The first-order valence-electron chi connectivity index (χ1n) is 11.3. The van der Waals surface area contributed by atoms with Crippen molar-refractivity contribution in [1.29, 1.82) is 0 Å². The van der Waals surface area contributed by atoms with Gasteiger partial charge in [0.2, 0.25) is 11.7 Å². The van der Waals surface area contributed by atoms with Gasteiger partial charge in [-0.25, -0.2) is 0 Å². The van der Waals surface area contributed by atoms with E-state index in [-0.39, 0.29) is 36.4 Å². The fraction of sp³-hybridized carbons (Fsp3) is 0.222. The number of anilines is 1. The first-order valence-corrected chi connectivity index (χ1v) is 11.3. The van der Waals surface area contributed by atoms with Crippen LogP contribution in [0.3, 0.4) is 0 Å². The largest absolute Gasteiger partial charge is 0.457 e. The molecule has 0 unspecified atom stereocenters. The number of aryl methyl sites for hydroxylation is 2. The number of Topliss-reactive ketones (excluding diaryl/α,β-unsaturated/α-hetero) is 1. The van der Waals surface area contributed by atoms with Crippen molar-refractivity contribution in [1.82, 2.24) is 0 Å². The summed E-state index contributed by atoms with van der Waals surface area (Å²) >= 11 is 0. The zero-order valence-electron chi connectivity index (χ0n) is 20.0. The molecule has 1 N–H and O–H groups in total. The monoisotopic (exact) mass is 490 g/mol. The highest BCUT2D eigenvalue weighted by molar-refractivity contribution is 5.98. The van der Waals surface area contributed by atoms with E-state index in [4.69, 9.17) is 9.47 Å². The van der Waals surface area contributed by atoms with Gasteiger partial charge in [0.15, 0.2) is 6.61 Å². The fourth-order valence-electron chi connectivity index (χ4n) is 3.23. The average Bonchev–Trinajstić information content (AvgIpc) is 2.86. The Labute approximate surface area is 208 Å². The van der Waals surface area contributed by atoms with Crippen LogP contribution in [0.25, 0.3) is 0 Å². The van der Waals surface area contributed by atoms with Crippen LogP contribution in [0.1, 0.15) is 40.7 Å². The Bertz CT molecular complexity index is 1270. The number of nitrogens with zero attached hydrogens (tertiary/aromatic N) is 1. The summed E-state index contributed by atoms with van der Waals surface area (Å²) in [5.41, 5.74) is 2.78. The third-order valence-corrected chi connectivity index (χ3v) is 5.38. The number of hydrogen-bond acceptors (Lipinski definition) is 7. The van der Waals surface area contributed by atoms with Crippen molar-refractivity contribution in [2.75, 3.05) is 11.9 Å². The molecule has 9 nitrogen and oxygen atoms in total. The van der Waals surface area contributed by atoms with Crippen LogP contribution < -0.4 is 10.1 Å². The SMILES string of the molecule is Cc1ccc(Oc2ccc(NC(=O)CCCC(=O)OCC(=O)c3cccc([N+](=O)[O-])c3)cc2)cc1C. The van der Waals surface area contributed by atoms with E-state index in [0.29, 0.717) is 11.4 Å². The van der Waals surface area contributed by atoms with Crippen molar-refractivity contribution in [2.45, 2.75) is 33.1 Å². The van der Waals surface area contributed by atoms with Gasteiger partial charge in [0.1, 0.15) is 11.5 Å². The summed E-state index contributed by atoms with van der Waals surface area (Å²) in [5.74, 6) is -0.0744. The molecule has 0 spiro atoms. The molecule has 3 rings (SSSR count). The zero-order valence-corrected chi connectivity index (χ0v) is 20.0. The van der Waals surface area contributed by atoms with Crippen molar-refractivity contribution in [2.24, 2.45) is 0 Å². The minimum atomic E-state index is -0.630. The lowest BCUT2D eigenvalue weighted by molar-refractivity contribution is -0.384. The maximum absolute atomic E-state index is 12.2. The summed E-state index contributed by atoms with van der Waals surface area (Å²) < 4.78 is 10.8. The predicted molar refractivity (Wildman–Crippen MR) is 133 cm³/mol. The molecule has 0 aromatic heterocycles. The summed E-state index contributed by atoms with van der Waals surface area (Å²) in [7, 11) is 0. The maximum atomic E-state index is 12.2. The number of benzene rings is 3. The fourth-order valence-corrected chi connectivity index (χ4v) is 3.23. The smallest absolute Gasteiger partial charge is 0.306 e. The van der Waals surface area contributed by atoms with Gasteiger partial charge in [0.05, 0.1) is 4.92 Å². The minimum absolute atomic E-state index is 0.0433. The standard InChI is InChI=1S/C27H26N2O7/c1-18-9-12-24(15-19(18)2)36-23-13-10-21(11-14-23)28-26(31)7-4-8-27(32)35-17-25(30)20-5-3-6-22(16-20)29(33)34/h3,5-6,9-16H,4,7-8,17H2,1-2H3,(H,28,31). The van der Waals surface area contributed by atoms with E-state index in [1.54, 1.807) is 24.3 Å². The lowest BCUT2D eigenvalue weighted by atomic mass is 10.1. The number of carbonyl (C=O) groups excluding carboxylic acids is 3. The van der Waals surface area contributed by atoms with Crippen LogP contribution in [-0.2, 0) is 14.3 Å². The van der Waals surface area contributed by atoms with Crippen molar-refractivity contribution < 1.29 is 28.8 Å². The molecule has 0 aliphatic heterocycles. The molecule has 186 valence electrons. The number of ketones is 1. The van der Waals surface area contributed by atoms with Gasteiger partial charge in [-0.2, -0.15) is 0 Å². The number of nitro benzene ring substituents is 1. The number of nitrogens with one attached hydrogen (secondary N) is 1. The molecule has 0 fully saturated rings. The van der Waals surface area contributed by atoms with Gasteiger partial charge in [-0.05, 0) is 67.8 Å². The quantitative estimate of drug-likeness (QED) is 0.162. The predicted octanol–water partition coefficient (Wildman–Crippen LogP) is 5.54. The van der Waals surface area contributed by atoms with E-state index in [2.05, 4.69) is 5.32 Å². The second kappa shape index (κ2) is 12.3. The highest BCUT2D eigenvalue weighted by Crippen LogP contribution is 2.25. The maximum Gasteiger partial charge on any atom is 0.306 e. The zero-order chi connectivity index (χ0) is 26.1. The van der Waals surface area contributed by atoms with E-state index in [0.717, 1.165) is 17.4 Å². The Morgan fingerprint density at radius 2 is 1.61 bits per heavy atom. The van der Waals surface area contributed by atoms with Crippen molar-refractivity contribution in [3.63, 3.8) is 0 Å². The highest BCUT2D eigenvalue weighted by Gasteiger charge is 2.14. The molecular formula is C27H26N2O7. The number of rotatable bonds is 11. The van der Waals surface area contributed by atoms with E-state index in [9.17, 15) is 24.5 Å². The van der Waals surface area contributed by atoms with E-state index < -0.39 is 23.3 Å². The topological polar surface area (TPSA) is 125 Å². The molecule has 0 radical (unpaired) electrons. The van der Waals surface area contributed by atoms with Crippen LogP contribution in [0.5, 0.6) is 11.5 Å². The Hall–Kier alpha value is -4.53. The molecular weight excluding hydrogens is 464 g/mol. The Morgan fingerprint density at radius 3 is 2.31 bits per heavy atom. The Morgan fingerprint density at radius 1 is 0.889 bits per heavy atom. The number of non-ortho nitro benzene ring substituents is 1. The van der Waals surface area contributed by atoms with E-state index >= 15 is 0 Å². The molecule has 1 amide bonds. The molecule has 9 heteroatoms. The van der Waals surface area contributed by atoms with Crippen LogP contribution >= 0.6 is 0 Å². The number of ether oxygens (including phenoxy) is 2. The summed E-state index contributed by atoms with van der Waals surface area (Å²) in [4.78, 5) is 46.4. The van der Waals surface area contributed by atoms with Gasteiger partial charge >= 0.3 is 5.97 Å². The number of nitro groups is 1. The van der Waals surface area contributed by atoms with Gasteiger partial charge in [-0.3, -0.25) is 24.5 Å². The second-order valence-corrected chi connectivity index (χ2v) is 8.17. The number of amides is 1. The Kier molecular flexibility index (Phi) is 8.88. The molecule has 3 aromatic carbocycles. The van der Waals surface area contributed by atoms with Crippen molar-refractivity contribution >= 4 is 29.0 Å². The molecule has 0 saturated carbocycles. The van der Waals surface area contributed by atoms with Crippen molar-refractivity contribution in [3.05, 3.63) is 93.5 Å². The van der Waals surface area contributed by atoms with Crippen LogP contribution in [-0.4, -0.2) is 29.2 Å². The molecule has 0 aliphatic carbocycles. The summed E-state index contributed by atoms with van der Waals surface area (Å²) in [5, 5.41) is 13.6. The lowest BCUT2D eigenvalue weighted by Gasteiger charge is -2.09. The first kappa shape index (κ1) is 26.1. The lowest BCUT2D eigenvalue weighted by Crippen LogP contribution is -2.15. The third-order valence-electron chi connectivity index (χ3n) is 5.38. The van der Waals surface area contributed by atoms with Gasteiger partial charge in [-0.15, -0.1) is 0 Å². The Balaban J connectivity index is 1.37. The van der Waals surface area contributed by atoms with Crippen LogP contribution in [0.2, 0.25) is 0 Å². The van der Waals surface area contributed by atoms with Crippen molar-refractivity contribution in [3.8, 4) is 11.5 Å². The van der Waals surface area contributed by atoms with Crippen LogP contribution in [0.15, 0.2) is 66.7 Å². The third kappa shape index (κ3) is 7.76. The minimum Gasteiger partial charge on any atom is -0.457 e. The molecule has 0 atom stereocenters. The number of esters is 1. The highest BCUT2D eigenvalue weighted by atomic mass is 16.6. The first-order chi connectivity index (χ1) is 17.2. The van der Waals surface area contributed by atoms with Crippen LogP contribution in [0.4, 0.5) is 11.4 Å². The number of carbonyl (C=O) groups is 3. The second-order valence-electron chi connectivity index (χ2n) is 8.17. The average molecular weight is 491 g/mol. The normalized spacial score (nSPS) is 10.4. The van der Waals surface area contributed by atoms with E-state index in [1.807, 2.05) is 32.0 Å². The molecule has 3 aromatic rings. The van der Waals surface area contributed by atoms with Gasteiger partial charge in [-0.1, -0.05) is 18.2 Å². The number of hydrogen-bond donors (Lipinski definition) is 1. The molecule has 36 heavy (non-hydrogen) atoms. The van der Waals surface area contributed by atoms with Gasteiger partial charge in [0, 0.05) is 36.2 Å². The summed E-state index contributed by atoms with van der Waals surface area (Å²) in [6, 6.07) is 18.0. The van der Waals surface area contributed by atoms with Crippen LogP contribution in [0, 0.1) is 24.0 Å². The summed E-state index contributed by atoms with van der Waals surface area (Å²) in [6.07, 6.45) is 0.289. The van der Waals surface area contributed by atoms with Gasteiger partial charge < -0.3 is 14.8 Å². The molecule has 0 heterocycles. The molecule has 0 aliphatic rings. The summed E-state index contributed by atoms with van der Waals surface area (Å²) in [6.45, 7) is 3.52. The van der Waals surface area contributed by atoms with Gasteiger partial charge in [0.25, 0.3) is 5.69 Å².